The Hall–Kier alpha value is -0.890. The molecule has 0 aromatic carbocycles. The minimum absolute atomic E-state index is 0.831. The third kappa shape index (κ3) is 5.55. The van der Waals surface area contributed by atoms with Crippen LogP contribution in [-0.2, 0) is 0 Å². The van der Waals surface area contributed by atoms with Crippen molar-refractivity contribution in [3.63, 3.8) is 0 Å². The third-order valence-electron chi connectivity index (χ3n) is 1.27. The van der Waals surface area contributed by atoms with E-state index in [0.29, 0.717) is 0 Å². The first-order valence-corrected chi connectivity index (χ1v) is 3.80. The summed E-state index contributed by atoms with van der Waals surface area (Å²) < 4.78 is 0. The summed E-state index contributed by atoms with van der Waals surface area (Å²) in [6, 6.07) is 0. The first kappa shape index (κ1) is 10.1. The molecule has 2 heteroatoms. The molecule has 0 aromatic heterocycles. The zero-order valence-corrected chi connectivity index (χ0v) is 7.30. The fourth-order valence-corrected chi connectivity index (χ4v) is 0.645. The second-order valence-corrected chi connectivity index (χ2v) is 2.09. The van der Waals surface area contributed by atoms with Gasteiger partial charge in [0.2, 0.25) is 0 Å². The molecule has 0 atom stereocenters. The highest BCUT2D eigenvalue weighted by atomic mass is 14.9. The van der Waals surface area contributed by atoms with Crippen LogP contribution in [0.2, 0.25) is 0 Å². The van der Waals surface area contributed by atoms with Gasteiger partial charge in [-0.2, -0.15) is 0 Å². The Morgan fingerprint density at radius 3 is 2.82 bits per heavy atom. The van der Waals surface area contributed by atoms with Crippen molar-refractivity contribution in [1.82, 2.24) is 5.32 Å². The van der Waals surface area contributed by atoms with Crippen molar-refractivity contribution in [3.05, 3.63) is 24.8 Å². The molecule has 0 radical (unpaired) electrons. The molecule has 0 aliphatic carbocycles. The van der Waals surface area contributed by atoms with Crippen LogP contribution < -0.4 is 5.32 Å². The minimum atomic E-state index is 0.831. The van der Waals surface area contributed by atoms with Gasteiger partial charge in [0.25, 0.3) is 0 Å². The molecular formula is C9H16N2. The van der Waals surface area contributed by atoms with Crippen LogP contribution in [0.25, 0.3) is 0 Å². The fourth-order valence-electron chi connectivity index (χ4n) is 0.645. The highest BCUT2D eigenvalue weighted by molar-refractivity contribution is 5.96. The average molecular weight is 152 g/mol. The smallest absolute Gasteiger partial charge is 0.0482 e. The van der Waals surface area contributed by atoms with E-state index < -0.39 is 0 Å². The van der Waals surface area contributed by atoms with E-state index in [2.05, 4.69) is 23.8 Å². The molecule has 0 spiro atoms. The molecule has 0 saturated carbocycles. The lowest BCUT2D eigenvalue weighted by Gasteiger charge is -1.99. The maximum atomic E-state index is 4.08. The van der Waals surface area contributed by atoms with E-state index in [0.717, 1.165) is 18.8 Å². The van der Waals surface area contributed by atoms with Gasteiger partial charge in [-0.25, -0.2) is 0 Å². The summed E-state index contributed by atoms with van der Waals surface area (Å²) in [4.78, 5) is 4.08. The predicted octanol–water partition coefficient (Wildman–Crippen LogP) is 1.41. The van der Waals surface area contributed by atoms with Crippen LogP contribution in [-0.4, -0.2) is 25.8 Å². The number of hydrogen-bond donors (Lipinski definition) is 1. The largest absolute Gasteiger partial charge is 0.311 e. The molecule has 0 aliphatic rings. The highest BCUT2D eigenvalue weighted by Gasteiger charge is 1.88. The van der Waals surface area contributed by atoms with Gasteiger partial charge in [0.1, 0.15) is 0 Å². The SMILES string of the molecule is C=C/C=C\C(CNCC)=NC. The quantitative estimate of drug-likeness (QED) is 0.467. The van der Waals surface area contributed by atoms with Crippen molar-refractivity contribution < 1.29 is 0 Å². The molecule has 0 rings (SSSR count). The molecular weight excluding hydrogens is 136 g/mol. The lowest BCUT2D eigenvalue weighted by atomic mass is 10.3. The molecule has 0 fully saturated rings. The van der Waals surface area contributed by atoms with Crippen LogP contribution in [0.15, 0.2) is 29.8 Å². The van der Waals surface area contributed by atoms with E-state index in [4.69, 9.17) is 0 Å². The summed E-state index contributed by atoms with van der Waals surface area (Å²) in [5, 5.41) is 3.19. The summed E-state index contributed by atoms with van der Waals surface area (Å²) in [7, 11) is 1.79. The average Bonchev–Trinajstić information content (AvgIpc) is 2.05. The molecule has 2 nitrogen and oxygen atoms in total. The standard InChI is InChI=1S/C9H16N2/c1-4-6-7-9(10-3)8-11-5-2/h4,6-7,11H,1,5,8H2,2-3H3/b7-6-,10-9?. The Morgan fingerprint density at radius 1 is 1.64 bits per heavy atom. The topological polar surface area (TPSA) is 24.4 Å². The maximum Gasteiger partial charge on any atom is 0.0482 e. The molecule has 0 heterocycles. The predicted molar refractivity (Wildman–Crippen MR) is 51.2 cm³/mol. The zero-order valence-electron chi connectivity index (χ0n) is 7.30. The zero-order chi connectivity index (χ0) is 8.53. The van der Waals surface area contributed by atoms with Crippen LogP contribution in [0.5, 0.6) is 0 Å². The lowest BCUT2D eigenvalue weighted by molar-refractivity contribution is 0.818. The summed E-state index contributed by atoms with van der Waals surface area (Å²) in [5.74, 6) is 0. The van der Waals surface area contributed by atoms with E-state index in [9.17, 15) is 0 Å². The fraction of sp³-hybridized carbons (Fsp3) is 0.444. The van der Waals surface area contributed by atoms with Crippen LogP contribution in [0, 0.1) is 0 Å². The lowest BCUT2D eigenvalue weighted by Crippen LogP contribution is -2.21. The van der Waals surface area contributed by atoms with Gasteiger partial charge in [0.15, 0.2) is 0 Å². The molecule has 0 amide bonds. The summed E-state index contributed by atoms with van der Waals surface area (Å²) in [6.07, 6.45) is 5.59. The first-order valence-electron chi connectivity index (χ1n) is 3.80. The van der Waals surface area contributed by atoms with Crippen molar-refractivity contribution in [1.29, 1.82) is 0 Å². The van der Waals surface area contributed by atoms with E-state index in [1.54, 1.807) is 13.1 Å². The number of hydrogen-bond acceptors (Lipinski definition) is 2. The van der Waals surface area contributed by atoms with Crippen molar-refractivity contribution in [2.75, 3.05) is 20.1 Å². The van der Waals surface area contributed by atoms with Crippen molar-refractivity contribution in [3.8, 4) is 0 Å². The molecule has 62 valence electrons. The Labute approximate surface area is 68.7 Å². The summed E-state index contributed by atoms with van der Waals surface area (Å²) in [6.45, 7) is 7.46. The van der Waals surface area contributed by atoms with E-state index in [1.807, 2.05) is 12.2 Å². The Kier molecular flexibility index (Phi) is 6.64. The van der Waals surface area contributed by atoms with E-state index in [-0.39, 0.29) is 0 Å². The number of allylic oxidation sites excluding steroid dienone is 2. The molecule has 0 aliphatic heterocycles. The van der Waals surface area contributed by atoms with Crippen LogP contribution >= 0.6 is 0 Å². The second kappa shape index (κ2) is 7.22. The number of nitrogens with zero attached hydrogens (tertiary/aromatic N) is 1. The summed E-state index contributed by atoms with van der Waals surface area (Å²) >= 11 is 0. The molecule has 0 aromatic rings. The van der Waals surface area contributed by atoms with Crippen molar-refractivity contribution >= 4 is 5.71 Å². The number of rotatable bonds is 5. The summed E-state index contributed by atoms with van der Waals surface area (Å²) in [5.41, 5.74) is 1.05. The van der Waals surface area contributed by atoms with Crippen LogP contribution in [0.1, 0.15) is 6.92 Å². The van der Waals surface area contributed by atoms with E-state index in [1.165, 1.54) is 0 Å². The molecule has 0 saturated heterocycles. The maximum absolute atomic E-state index is 4.08. The van der Waals surface area contributed by atoms with Crippen LogP contribution in [0.3, 0.4) is 0 Å². The van der Waals surface area contributed by atoms with Crippen molar-refractivity contribution in [2.24, 2.45) is 4.99 Å². The number of aliphatic imine (C=N–C) groups is 1. The van der Waals surface area contributed by atoms with Gasteiger partial charge in [0, 0.05) is 19.3 Å². The van der Waals surface area contributed by atoms with Crippen molar-refractivity contribution in [2.45, 2.75) is 6.92 Å². The van der Waals surface area contributed by atoms with Gasteiger partial charge in [-0.05, 0) is 12.6 Å². The Morgan fingerprint density at radius 2 is 2.36 bits per heavy atom. The molecule has 0 bridgehead atoms. The first-order chi connectivity index (χ1) is 5.35. The van der Waals surface area contributed by atoms with Gasteiger partial charge >= 0.3 is 0 Å². The monoisotopic (exact) mass is 152 g/mol. The van der Waals surface area contributed by atoms with Gasteiger partial charge in [-0.3, -0.25) is 4.99 Å². The number of nitrogens with one attached hydrogen (secondary N) is 1. The molecule has 11 heavy (non-hydrogen) atoms. The second-order valence-electron chi connectivity index (χ2n) is 2.09. The van der Waals surface area contributed by atoms with Crippen LogP contribution in [0.4, 0.5) is 0 Å². The Bertz CT molecular complexity index is 157. The Balaban J connectivity index is 3.77. The van der Waals surface area contributed by atoms with Gasteiger partial charge in [-0.1, -0.05) is 25.7 Å². The third-order valence-corrected chi connectivity index (χ3v) is 1.27. The highest BCUT2D eigenvalue weighted by Crippen LogP contribution is 1.80. The van der Waals surface area contributed by atoms with Gasteiger partial charge in [0.05, 0.1) is 0 Å². The molecule has 1 N–H and O–H groups in total. The van der Waals surface area contributed by atoms with Gasteiger partial charge in [-0.15, -0.1) is 0 Å². The van der Waals surface area contributed by atoms with E-state index >= 15 is 0 Å². The molecule has 0 unspecified atom stereocenters. The normalized spacial score (nSPS) is 12.4. The minimum Gasteiger partial charge on any atom is -0.311 e. The van der Waals surface area contributed by atoms with Gasteiger partial charge < -0.3 is 5.32 Å².